The molecule has 3 saturated carbocycles. The number of fused-ring (bicyclic) bond motifs is 4. The summed E-state index contributed by atoms with van der Waals surface area (Å²) in [5.41, 5.74) is 3.92. The van der Waals surface area contributed by atoms with E-state index < -0.39 is 70.7 Å². The lowest BCUT2D eigenvalue weighted by molar-refractivity contribution is -0.141. The molecule has 3 amide bonds. The Labute approximate surface area is 612 Å². The normalized spacial score (nSPS) is 14.7. The van der Waals surface area contributed by atoms with E-state index in [1.807, 2.05) is 111 Å². The molecule has 32 heteroatoms. The average molecular weight is 1480 g/mol. The van der Waals surface area contributed by atoms with E-state index in [4.69, 9.17) is 45.3 Å². The van der Waals surface area contributed by atoms with Crippen LogP contribution in [0.4, 0.5) is 31.4 Å². The minimum Gasteiger partial charge on any atom is -0.481 e. The Balaban J connectivity index is 0.000000135. The molecule has 540 valence electrons. The third-order valence-electron chi connectivity index (χ3n) is 17.9. The van der Waals surface area contributed by atoms with Crippen LogP contribution < -0.4 is 16.0 Å². The van der Waals surface area contributed by atoms with E-state index in [0.29, 0.717) is 86.3 Å². The number of thiazole rings is 2. The summed E-state index contributed by atoms with van der Waals surface area (Å²) >= 11 is 2.59. The van der Waals surface area contributed by atoms with Gasteiger partial charge in [0.05, 0.1) is 0 Å². The van der Waals surface area contributed by atoms with Crippen LogP contribution in [0.3, 0.4) is 0 Å². The van der Waals surface area contributed by atoms with Crippen molar-refractivity contribution in [1.29, 1.82) is 0 Å². The number of carboxylic acids is 3. The molecule has 0 spiro atoms. The van der Waals surface area contributed by atoms with Crippen LogP contribution in [0, 0.1) is 63.2 Å². The predicted octanol–water partition coefficient (Wildman–Crippen LogP) is 14.8. The zero-order valence-electron chi connectivity index (χ0n) is 57.6. The molecular weight excluding hydrogens is 1420 g/mol. The predicted molar refractivity (Wildman–Crippen MR) is 380 cm³/mol. The first-order valence-electron chi connectivity index (χ1n) is 33.1. The second kappa shape index (κ2) is 28.7. The lowest BCUT2D eigenvalue weighted by Gasteiger charge is -2.16. The number of carbonyl (C=O) groups is 6. The van der Waals surface area contributed by atoms with Gasteiger partial charge >= 0.3 is 36.2 Å². The van der Waals surface area contributed by atoms with Crippen LogP contribution in [0.25, 0.3) is 43.5 Å². The number of furan rings is 1. The maximum absolute atomic E-state index is 12.7. The second-order valence-electron chi connectivity index (χ2n) is 25.2. The lowest BCUT2D eigenvalue weighted by Crippen LogP contribution is -2.19. The molecule has 0 aliphatic heterocycles. The number of carbonyl (C=O) groups excluding carboxylic acids is 3. The van der Waals surface area contributed by atoms with Gasteiger partial charge < -0.3 is 60.7 Å². The standard InChI is InChI=1S/C27H19N3O5S2.2C24H20N4O7/c1-15(16-7-3-2-4-8-16)34-26(33)29-21-17-9-5-6-10-18(17)35-19(21)11-12-20-28-22-23(36-20)30-24(37-22)27(13-14-27)25(31)32;1-12-6-4-5-7-15(12)14(3)32-23(31)26-18-13(2)28-35-16(18)8-9-17-25-19-20(33-17)27-21(34-19)24(10-11-24)22(29)30;1-12-6-4-5-7-15(12)13(2)32-23(31)26-18-14(3)35-28-16(18)8-9-17-25-19-20(33-17)27-21(34-19)24(10-11-24)22(29)30/h2-10,15H,13-14H2,1H3,(H,29,33)(H,31,32);4-7,14H,10-11H2,1-3H3,(H,26,31)(H,29,30);4-7,13H,10-11H2,1-3H3,(H,26,31)(H,29,30). The van der Waals surface area contributed by atoms with Crippen LogP contribution in [0.15, 0.2) is 134 Å². The van der Waals surface area contributed by atoms with E-state index in [9.17, 15) is 44.1 Å². The molecule has 3 aliphatic rings. The fourth-order valence-electron chi connectivity index (χ4n) is 11.3. The quantitative estimate of drug-likeness (QED) is 0.0410. The Bertz CT molecular complexity index is 5560. The maximum atomic E-state index is 12.7. The molecule has 13 aromatic rings. The summed E-state index contributed by atoms with van der Waals surface area (Å²) in [7, 11) is 0. The summed E-state index contributed by atoms with van der Waals surface area (Å²) in [6.45, 7) is 12.5. The molecule has 16 rings (SSSR count). The number of para-hydroxylation sites is 1. The minimum absolute atomic E-state index is 0.0136. The van der Waals surface area contributed by atoms with Crippen molar-refractivity contribution < 1.29 is 89.4 Å². The third-order valence-corrected chi connectivity index (χ3v) is 20.0. The van der Waals surface area contributed by atoms with Crippen molar-refractivity contribution in [2.45, 2.75) is 122 Å². The zero-order chi connectivity index (χ0) is 75.1. The van der Waals surface area contributed by atoms with Crippen LogP contribution in [0.2, 0.25) is 0 Å². The van der Waals surface area contributed by atoms with E-state index in [2.05, 4.69) is 91.7 Å². The number of anilines is 3. The molecule has 30 nitrogen and oxygen atoms in total. The number of amides is 3. The number of hydrogen-bond acceptors (Lipinski definition) is 26. The average Bonchev–Trinajstić information content (AvgIpc) is 1.59. The van der Waals surface area contributed by atoms with E-state index in [-0.39, 0.29) is 75.0 Å². The molecule has 0 bridgehead atoms. The van der Waals surface area contributed by atoms with Crippen LogP contribution in [-0.2, 0) is 44.8 Å². The molecule has 6 N–H and O–H groups in total. The third kappa shape index (κ3) is 14.7. The first kappa shape index (κ1) is 70.6. The van der Waals surface area contributed by atoms with Crippen molar-refractivity contribution in [3.8, 4) is 35.5 Å². The van der Waals surface area contributed by atoms with Gasteiger partial charge in [0.25, 0.3) is 34.6 Å². The van der Waals surface area contributed by atoms with Crippen molar-refractivity contribution in [2.24, 2.45) is 0 Å². The topological polar surface area (TPSA) is 422 Å². The van der Waals surface area contributed by atoms with E-state index >= 15 is 0 Å². The first-order valence-corrected chi connectivity index (χ1v) is 34.7. The molecule has 9 aromatic heterocycles. The first-order chi connectivity index (χ1) is 51.5. The van der Waals surface area contributed by atoms with Gasteiger partial charge in [0.15, 0.2) is 26.1 Å². The number of nitrogens with one attached hydrogen (secondary N) is 3. The Morgan fingerprint density at radius 2 is 0.953 bits per heavy atom. The van der Waals surface area contributed by atoms with Crippen molar-refractivity contribution in [3.63, 3.8) is 0 Å². The summed E-state index contributed by atoms with van der Waals surface area (Å²) in [4.78, 5) is 99.0. The molecule has 3 aliphatic carbocycles. The Morgan fingerprint density at radius 3 is 1.50 bits per heavy atom. The number of rotatable bonds is 15. The number of benzene rings is 4. The van der Waals surface area contributed by atoms with Gasteiger partial charge in [-0.25, -0.2) is 24.4 Å². The van der Waals surface area contributed by atoms with Crippen LogP contribution in [0.5, 0.6) is 0 Å². The van der Waals surface area contributed by atoms with E-state index in [1.165, 1.54) is 22.7 Å². The molecule has 3 atom stereocenters. The van der Waals surface area contributed by atoms with Gasteiger partial charge in [0, 0.05) is 17.2 Å². The number of nitrogens with zero attached hydrogens (tertiary/aromatic N) is 8. The van der Waals surface area contributed by atoms with Crippen molar-refractivity contribution in [3.05, 3.63) is 193 Å². The number of ether oxygens (including phenoxy) is 3. The van der Waals surface area contributed by atoms with Gasteiger partial charge in [-0.3, -0.25) is 30.3 Å². The van der Waals surface area contributed by atoms with Gasteiger partial charge in [-0.15, -0.1) is 0 Å². The van der Waals surface area contributed by atoms with Crippen molar-refractivity contribution in [2.75, 3.05) is 16.0 Å². The van der Waals surface area contributed by atoms with Crippen molar-refractivity contribution >= 4 is 119 Å². The fourth-order valence-corrected chi connectivity index (χ4v) is 13.4. The Morgan fingerprint density at radius 1 is 0.467 bits per heavy atom. The highest BCUT2D eigenvalue weighted by Gasteiger charge is 2.58. The molecule has 9 heterocycles. The smallest absolute Gasteiger partial charge is 0.412 e. The monoisotopic (exact) mass is 1480 g/mol. The molecular formula is C75H59N11O19S2. The van der Waals surface area contributed by atoms with E-state index in [0.717, 1.165) is 27.8 Å². The molecule has 4 aromatic carbocycles. The van der Waals surface area contributed by atoms with Gasteiger partial charge in [0.1, 0.15) is 67.9 Å². The fraction of sp³-hybridized carbons (Fsp3) is 0.253. The molecule has 0 radical (unpaired) electrons. The van der Waals surface area contributed by atoms with Gasteiger partial charge in [-0.2, -0.15) is 19.9 Å². The minimum atomic E-state index is -1.10. The number of hydrogen-bond donors (Lipinski definition) is 6. The van der Waals surface area contributed by atoms with Gasteiger partial charge in [-0.1, -0.05) is 124 Å². The highest BCUT2D eigenvalue weighted by atomic mass is 32.1. The SMILES string of the molecule is CC(OC(=O)Nc1c(C#Cc2nc3sc(C4(C(=O)O)CC4)nc3s2)oc2ccccc12)c1ccccc1.Cc1ccccc1C(C)OC(=O)Nc1c(C#Cc2nc3oc(C4(C(=O)O)CC4)nc3o2)noc1C.Cc1ccccc1C(C)OC(=O)Nc1c(C)noc1C#Cc1nc2oc(C3(C(=O)O)CC3)nc2o1. The number of aromatic nitrogens is 8. The molecule has 107 heavy (non-hydrogen) atoms. The van der Waals surface area contributed by atoms with Crippen LogP contribution >= 0.6 is 22.7 Å². The Hall–Kier alpha value is -13.4. The second-order valence-corrected chi connectivity index (χ2v) is 27.2. The van der Waals surface area contributed by atoms with Crippen molar-refractivity contribution in [1.82, 2.24) is 40.2 Å². The number of aryl methyl sites for hydroxylation is 4. The number of carboxylic acid groups (broad SMARTS) is 3. The van der Waals surface area contributed by atoms with Crippen LogP contribution in [0.1, 0.15) is 168 Å². The lowest BCUT2D eigenvalue weighted by atomic mass is 10.1. The summed E-state index contributed by atoms with van der Waals surface area (Å²) in [5.74, 6) is 14.7. The number of aliphatic carboxylic acids is 3. The summed E-state index contributed by atoms with van der Waals surface area (Å²) in [5, 5.41) is 45.8. The molecule has 3 unspecified atom stereocenters. The summed E-state index contributed by atoms with van der Waals surface area (Å²) in [6, 6.07) is 32.0. The summed E-state index contributed by atoms with van der Waals surface area (Å²) < 4.78 is 54.7. The zero-order valence-corrected chi connectivity index (χ0v) is 59.2. The molecule has 3 fully saturated rings. The van der Waals surface area contributed by atoms with Crippen LogP contribution in [-0.4, -0.2) is 91.7 Å². The van der Waals surface area contributed by atoms with E-state index in [1.54, 1.807) is 40.7 Å². The Kier molecular flexibility index (Phi) is 18.9. The summed E-state index contributed by atoms with van der Waals surface area (Å²) in [6.07, 6.45) is -0.374. The number of oxazole rings is 4. The van der Waals surface area contributed by atoms with Gasteiger partial charge in [0.2, 0.25) is 23.3 Å². The molecule has 0 saturated heterocycles. The highest BCUT2D eigenvalue weighted by molar-refractivity contribution is 7.26. The largest absolute Gasteiger partial charge is 0.481 e. The van der Waals surface area contributed by atoms with Gasteiger partial charge in [-0.05, 0) is 151 Å². The maximum Gasteiger partial charge on any atom is 0.412 e. The highest BCUT2D eigenvalue weighted by Crippen LogP contribution is 2.52.